The van der Waals surface area contributed by atoms with Gasteiger partial charge in [0.2, 0.25) is 5.91 Å². The summed E-state index contributed by atoms with van der Waals surface area (Å²) in [6, 6.07) is 5.40. The van der Waals surface area contributed by atoms with Crippen LogP contribution in [0.4, 0.5) is 4.39 Å². The minimum absolute atomic E-state index is 0.0296. The van der Waals surface area contributed by atoms with Crippen molar-refractivity contribution in [3.63, 3.8) is 0 Å². The number of carbonyl (C=O) groups is 2. The molecule has 138 valence electrons. The standard InChI is InChI=1S/C20H29FN2O2/c1-14(2)18(22-19(24)16-12-8-9-13-17(16)21)20(25)23(3)15-10-6-4-5-7-11-15/h8-9,12-15,18H,4-7,10-11H2,1-3H3,(H,22,24)/t18-/m0/s1. The minimum Gasteiger partial charge on any atom is -0.341 e. The van der Waals surface area contributed by atoms with Crippen LogP contribution in [0.25, 0.3) is 0 Å². The fraction of sp³-hybridized carbons (Fsp3) is 0.600. The molecule has 0 unspecified atom stereocenters. The minimum atomic E-state index is -0.652. The van der Waals surface area contributed by atoms with Crippen molar-refractivity contribution in [2.75, 3.05) is 7.05 Å². The van der Waals surface area contributed by atoms with Crippen LogP contribution in [0.1, 0.15) is 62.7 Å². The Balaban J connectivity index is 2.09. The number of rotatable bonds is 5. The van der Waals surface area contributed by atoms with Gasteiger partial charge < -0.3 is 10.2 Å². The van der Waals surface area contributed by atoms with Gasteiger partial charge in [0.25, 0.3) is 5.91 Å². The Hall–Kier alpha value is -1.91. The summed E-state index contributed by atoms with van der Waals surface area (Å²) in [5, 5.41) is 2.74. The topological polar surface area (TPSA) is 49.4 Å². The van der Waals surface area contributed by atoms with E-state index in [9.17, 15) is 14.0 Å². The predicted octanol–water partition coefficient (Wildman–Crippen LogP) is 3.76. The fourth-order valence-electron chi connectivity index (χ4n) is 3.42. The second kappa shape index (κ2) is 8.97. The number of hydrogen-bond acceptors (Lipinski definition) is 2. The van der Waals surface area contributed by atoms with E-state index in [1.165, 1.54) is 31.0 Å². The zero-order valence-corrected chi connectivity index (χ0v) is 15.4. The second-order valence-electron chi connectivity index (χ2n) is 7.27. The van der Waals surface area contributed by atoms with E-state index >= 15 is 0 Å². The zero-order chi connectivity index (χ0) is 18.4. The first-order chi connectivity index (χ1) is 11.9. The van der Waals surface area contributed by atoms with Gasteiger partial charge in [-0.25, -0.2) is 4.39 Å². The Labute approximate surface area is 149 Å². The molecular weight excluding hydrogens is 319 g/mol. The number of hydrogen-bond donors (Lipinski definition) is 1. The number of nitrogens with one attached hydrogen (secondary N) is 1. The average Bonchev–Trinajstić information content (AvgIpc) is 2.87. The number of amides is 2. The molecule has 0 radical (unpaired) electrons. The highest BCUT2D eigenvalue weighted by atomic mass is 19.1. The number of benzene rings is 1. The van der Waals surface area contributed by atoms with Gasteiger partial charge >= 0.3 is 0 Å². The third kappa shape index (κ3) is 5.03. The van der Waals surface area contributed by atoms with E-state index in [1.54, 1.807) is 11.0 Å². The van der Waals surface area contributed by atoms with Crippen LogP contribution in [0.15, 0.2) is 24.3 Å². The van der Waals surface area contributed by atoms with E-state index in [1.807, 2.05) is 20.9 Å². The highest BCUT2D eigenvalue weighted by molar-refractivity contribution is 5.97. The molecule has 0 aliphatic heterocycles. The smallest absolute Gasteiger partial charge is 0.254 e. The summed E-state index contributed by atoms with van der Waals surface area (Å²) in [5.74, 6) is -1.28. The monoisotopic (exact) mass is 348 g/mol. The Bertz CT molecular complexity index is 595. The van der Waals surface area contributed by atoms with Crippen molar-refractivity contribution in [3.05, 3.63) is 35.6 Å². The van der Waals surface area contributed by atoms with Crippen LogP contribution in [0.5, 0.6) is 0 Å². The lowest BCUT2D eigenvalue weighted by Gasteiger charge is -2.32. The maximum atomic E-state index is 13.8. The number of halogens is 1. The first-order valence-corrected chi connectivity index (χ1v) is 9.24. The van der Waals surface area contributed by atoms with Crippen LogP contribution in [0.2, 0.25) is 0 Å². The van der Waals surface area contributed by atoms with Crippen LogP contribution in [0, 0.1) is 11.7 Å². The molecule has 25 heavy (non-hydrogen) atoms. The first kappa shape index (κ1) is 19.4. The van der Waals surface area contributed by atoms with Gasteiger partial charge in [0.05, 0.1) is 5.56 Å². The van der Waals surface area contributed by atoms with Gasteiger partial charge in [-0.3, -0.25) is 9.59 Å². The second-order valence-corrected chi connectivity index (χ2v) is 7.27. The predicted molar refractivity (Wildman–Crippen MR) is 96.8 cm³/mol. The normalized spacial score (nSPS) is 17.0. The summed E-state index contributed by atoms with van der Waals surface area (Å²) < 4.78 is 13.8. The molecule has 1 atom stereocenters. The van der Waals surface area contributed by atoms with Gasteiger partial charge in [0.15, 0.2) is 0 Å². The third-order valence-corrected chi connectivity index (χ3v) is 5.06. The molecule has 5 heteroatoms. The van der Waals surface area contributed by atoms with Crippen molar-refractivity contribution in [2.45, 2.75) is 64.5 Å². The molecule has 1 N–H and O–H groups in total. The molecule has 2 amide bonds. The van der Waals surface area contributed by atoms with E-state index in [4.69, 9.17) is 0 Å². The Morgan fingerprint density at radius 2 is 1.72 bits per heavy atom. The highest BCUT2D eigenvalue weighted by Gasteiger charge is 2.31. The summed E-state index contributed by atoms with van der Waals surface area (Å²) in [5.41, 5.74) is -0.0296. The Kier molecular flexibility index (Phi) is 6.97. The molecule has 4 nitrogen and oxygen atoms in total. The lowest BCUT2D eigenvalue weighted by molar-refractivity contribution is -0.135. The molecule has 1 aliphatic rings. The van der Waals surface area contributed by atoms with Gasteiger partial charge in [-0.05, 0) is 30.9 Å². The van der Waals surface area contributed by atoms with Crippen molar-refractivity contribution in [3.8, 4) is 0 Å². The van der Waals surface area contributed by atoms with E-state index < -0.39 is 17.8 Å². The first-order valence-electron chi connectivity index (χ1n) is 9.24. The summed E-state index contributed by atoms with van der Waals surface area (Å²) in [7, 11) is 1.82. The molecule has 1 fully saturated rings. The molecule has 0 bridgehead atoms. The summed E-state index contributed by atoms with van der Waals surface area (Å²) in [4.78, 5) is 27.2. The van der Waals surface area contributed by atoms with Crippen molar-refractivity contribution < 1.29 is 14.0 Å². The van der Waals surface area contributed by atoms with Crippen LogP contribution in [0.3, 0.4) is 0 Å². The Morgan fingerprint density at radius 3 is 2.28 bits per heavy atom. The molecule has 1 saturated carbocycles. The molecule has 0 spiro atoms. The molecular formula is C20H29FN2O2. The van der Waals surface area contributed by atoms with Gasteiger partial charge in [0.1, 0.15) is 11.9 Å². The van der Waals surface area contributed by atoms with E-state index in [2.05, 4.69) is 5.32 Å². The van der Waals surface area contributed by atoms with Crippen LogP contribution in [-0.4, -0.2) is 35.8 Å². The van der Waals surface area contributed by atoms with Crippen molar-refractivity contribution in [2.24, 2.45) is 5.92 Å². The molecule has 1 aliphatic carbocycles. The van der Waals surface area contributed by atoms with Gasteiger partial charge in [-0.15, -0.1) is 0 Å². The lowest BCUT2D eigenvalue weighted by atomic mass is 10.00. The molecule has 2 rings (SSSR count). The molecule has 0 saturated heterocycles. The van der Waals surface area contributed by atoms with Gasteiger partial charge in [0, 0.05) is 13.1 Å². The number of nitrogens with zero attached hydrogens (tertiary/aromatic N) is 1. The SMILES string of the molecule is CC(C)[C@H](NC(=O)c1ccccc1F)C(=O)N(C)C1CCCCCC1. The van der Waals surface area contributed by atoms with Gasteiger partial charge in [-0.2, -0.15) is 0 Å². The van der Waals surface area contributed by atoms with Crippen LogP contribution >= 0.6 is 0 Å². The van der Waals surface area contributed by atoms with E-state index in [0.717, 1.165) is 25.7 Å². The van der Waals surface area contributed by atoms with E-state index in [0.29, 0.717) is 0 Å². The zero-order valence-electron chi connectivity index (χ0n) is 15.4. The molecule has 0 heterocycles. The molecule has 0 aromatic heterocycles. The van der Waals surface area contributed by atoms with Crippen LogP contribution < -0.4 is 5.32 Å². The van der Waals surface area contributed by atoms with Crippen LogP contribution in [-0.2, 0) is 4.79 Å². The summed E-state index contributed by atoms with van der Waals surface area (Å²) in [6.07, 6.45) is 6.72. The maximum Gasteiger partial charge on any atom is 0.254 e. The third-order valence-electron chi connectivity index (χ3n) is 5.06. The molecule has 1 aromatic carbocycles. The largest absolute Gasteiger partial charge is 0.341 e. The number of carbonyl (C=O) groups excluding carboxylic acids is 2. The number of likely N-dealkylation sites (N-methyl/N-ethyl adjacent to an activating group) is 1. The highest BCUT2D eigenvalue weighted by Crippen LogP contribution is 2.22. The van der Waals surface area contributed by atoms with Gasteiger partial charge in [-0.1, -0.05) is 51.7 Å². The fourth-order valence-corrected chi connectivity index (χ4v) is 3.42. The van der Waals surface area contributed by atoms with Crippen molar-refractivity contribution in [1.82, 2.24) is 10.2 Å². The van der Waals surface area contributed by atoms with E-state index in [-0.39, 0.29) is 23.4 Å². The molecule has 1 aromatic rings. The summed E-state index contributed by atoms with van der Waals surface area (Å²) >= 11 is 0. The maximum absolute atomic E-state index is 13.8. The summed E-state index contributed by atoms with van der Waals surface area (Å²) in [6.45, 7) is 3.79. The lowest BCUT2D eigenvalue weighted by Crippen LogP contribution is -2.52. The van der Waals surface area contributed by atoms with Crippen molar-refractivity contribution >= 4 is 11.8 Å². The average molecular weight is 348 g/mol. The van der Waals surface area contributed by atoms with Crippen molar-refractivity contribution in [1.29, 1.82) is 0 Å². The Morgan fingerprint density at radius 1 is 1.12 bits per heavy atom. The quantitative estimate of drug-likeness (QED) is 0.824.